The number of ether oxygens (including phenoxy) is 1. The number of hydrogen-bond acceptors (Lipinski definition) is 7. The zero-order valence-corrected chi connectivity index (χ0v) is 21.5. The highest BCUT2D eigenvalue weighted by Gasteiger charge is 2.24. The fourth-order valence-electron chi connectivity index (χ4n) is 4.05. The van der Waals surface area contributed by atoms with Crippen LogP contribution in [0.5, 0.6) is 5.75 Å². The molecule has 36 heavy (non-hydrogen) atoms. The number of methoxy groups -OCH3 is 1. The highest BCUT2D eigenvalue weighted by molar-refractivity contribution is 7.92. The van der Waals surface area contributed by atoms with Gasteiger partial charge in [0, 0.05) is 50.2 Å². The number of pyridine rings is 1. The number of aromatic nitrogens is 1. The number of hydrogen-bond donors (Lipinski definition) is 1. The van der Waals surface area contributed by atoms with Crippen LogP contribution in [0.1, 0.15) is 15.9 Å². The van der Waals surface area contributed by atoms with E-state index in [0.29, 0.717) is 43.2 Å². The first-order chi connectivity index (χ1) is 17.2. The van der Waals surface area contributed by atoms with E-state index in [0.717, 1.165) is 17.9 Å². The van der Waals surface area contributed by atoms with E-state index >= 15 is 0 Å². The van der Waals surface area contributed by atoms with Crippen molar-refractivity contribution in [1.82, 2.24) is 14.8 Å². The van der Waals surface area contributed by atoms with Gasteiger partial charge in [-0.15, -0.1) is 0 Å². The molecule has 0 atom stereocenters. The van der Waals surface area contributed by atoms with Crippen LogP contribution in [0.25, 0.3) is 0 Å². The van der Waals surface area contributed by atoms with Crippen molar-refractivity contribution in [2.75, 3.05) is 57.0 Å². The van der Waals surface area contributed by atoms with Gasteiger partial charge in [-0.2, -0.15) is 0 Å². The summed E-state index contributed by atoms with van der Waals surface area (Å²) in [7, 11) is 1.73. The lowest BCUT2D eigenvalue weighted by Crippen LogP contribution is -2.49. The molecular formula is C26H31N5O4S. The smallest absolute Gasteiger partial charge is 0.261 e. The van der Waals surface area contributed by atoms with Gasteiger partial charge in [0.25, 0.3) is 15.9 Å². The first kappa shape index (κ1) is 25.5. The van der Waals surface area contributed by atoms with E-state index in [1.54, 1.807) is 48.4 Å². The molecule has 1 N–H and O–H groups in total. The van der Waals surface area contributed by atoms with E-state index in [-0.39, 0.29) is 10.8 Å². The zero-order chi connectivity index (χ0) is 25.7. The van der Waals surface area contributed by atoms with Crippen molar-refractivity contribution >= 4 is 27.4 Å². The van der Waals surface area contributed by atoms with Gasteiger partial charge in [-0.1, -0.05) is 12.1 Å². The summed E-state index contributed by atoms with van der Waals surface area (Å²) in [5, 5.41) is 0. The molecule has 0 spiro atoms. The Hall–Kier alpha value is -3.63. The lowest BCUT2D eigenvalue weighted by molar-refractivity contribution is 0.0746. The van der Waals surface area contributed by atoms with Crippen LogP contribution in [0.3, 0.4) is 0 Å². The number of nitrogens with one attached hydrogen (secondary N) is 1. The van der Waals surface area contributed by atoms with Crippen LogP contribution in [0.15, 0.2) is 71.8 Å². The molecule has 0 unspecified atom stereocenters. The second kappa shape index (κ2) is 11.0. The van der Waals surface area contributed by atoms with Crippen LogP contribution in [0, 0.1) is 0 Å². The van der Waals surface area contributed by atoms with Gasteiger partial charge >= 0.3 is 0 Å². The zero-order valence-electron chi connectivity index (χ0n) is 20.7. The number of piperazine rings is 1. The first-order valence-corrected chi connectivity index (χ1v) is 13.1. The Kier molecular flexibility index (Phi) is 7.76. The molecule has 10 heteroatoms. The molecule has 2 heterocycles. The van der Waals surface area contributed by atoms with E-state index in [4.69, 9.17) is 4.74 Å². The number of rotatable bonds is 8. The maximum Gasteiger partial charge on any atom is 0.261 e. The predicted octanol–water partition coefficient (Wildman–Crippen LogP) is 2.92. The second-order valence-corrected chi connectivity index (χ2v) is 10.6. The van der Waals surface area contributed by atoms with Crippen molar-refractivity contribution in [2.24, 2.45) is 0 Å². The third-order valence-corrected chi connectivity index (χ3v) is 7.31. The number of benzene rings is 2. The molecule has 0 saturated carbocycles. The molecule has 4 rings (SSSR count). The van der Waals surface area contributed by atoms with Crippen molar-refractivity contribution in [3.05, 3.63) is 78.0 Å². The van der Waals surface area contributed by atoms with Gasteiger partial charge in [0.05, 0.1) is 12.0 Å². The van der Waals surface area contributed by atoms with E-state index < -0.39 is 10.0 Å². The van der Waals surface area contributed by atoms with Gasteiger partial charge in [-0.3, -0.25) is 9.52 Å². The van der Waals surface area contributed by atoms with Crippen LogP contribution < -0.4 is 14.4 Å². The number of anilines is 2. The van der Waals surface area contributed by atoms with Crippen LogP contribution in [0.4, 0.5) is 11.5 Å². The molecule has 1 fully saturated rings. The second-order valence-electron chi connectivity index (χ2n) is 8.90. The van der Waals surface area contributed by atoms with Crippen molar-refractivity contribution in [3.63, 3.8) is 0 Å². The third-order valence-electron chi connectivity index (χ3n) is 5.93. The van der Waals surface area contributed by atoms with Gasteiger partial charge in [0.15, 0.2) is 0 Å². The van der Waals surface area contributed by atoms with E-state index in [2.05, 4.69) is 25.6 Å². The lowest BCUT2D eigenvalue weighted by atomic mass is 10.2. The minimum Gasteiger partial charge on any atom is -0.497 e. The molecule has 1 aliphatic rings. The normalized spacial score (nSPS) is 14.1. The summed E-state index contributed by atoms with van der Waals surface area (Å²) in [5.41, 5.74) is 1.90. The summed E-state index contributed by atoms with van der Waals surface area (Å²) in [5.74, 6) is 1.33. The predicted molar refractivity (Wildman–Crippen MR) is 140 cm³/mol. The number of carbonyl (C=O) groups is 1. The number of amides is 1. The molecule has 1 saturated heterocycles. The Morgan fingerprint density at radius 2 is 1.75 bits per heavy atom. The summed E-state index contributed by atoms with van der Waals surface area (Å²) in [6.07, 6.45) is 1.89. The molecule has 0 radical (unpaired) electrons. The molecule has 3 aromatic rings. The molecule has 1 aliphatic heterocycles. The maximum absolute atomic E-state index is 13.2. The molecule has 0 bridgehead atoms. The Balaban J connectivity index is 1.39. The average Bonchev–Trinajstić information content (AvgIpc) is 2.89. The van der Waals surface area contributed by atoms with Gasteiger partial charge in [-0.05, 0) is 68.2 Å². The molecule has 2 aromatic carbocycles. The summed E-state index contributed by atoms with van der Waals surface area (Å²) in [4.78, 5) is 23.8. The molecule has 9 nitrogen and oxygen atoms in total. The van der Waals surface area contributed by atoms with Crippen molar-refractivity contribution in [3.8, 4) is 5.75 Å². The van der Waals surface area contributed by atoms with Crippen LogP contribution in [0.2, 0.25) is 0 Å². The SMILES string of the molecule is COc1ccc(NS(=O)(=O)c2cccc(C(=O)N3CCN(c4ccc(CN(C)C)cn4)CC3)c2)cc1. The minimum absolute atomic E-state index is 0.0322. The molecule has 1 amide bonds. The highest BCUT2D eigenvalue weighted by Crippen LogP contribution is 2.21. The molecular weight excluding hydrogens is 478 g/mol. The van der Waals surface area contributed by atoms with Crippen LogP contribution in [-0.2, 0) is 16.6 Å². The van der Waals surface area contributed by atoms with Gasteiger partial charge in [0.1, 0.15) is 11.6 Å². The summed E-state index contributed by atoms with van der Waals surface area (Å²) in [6.45, 7) is 3.20. The van der Waals surface area contributed by atoms with Crippen molar-refractivity contribution in [1.29, 1.82) is 0 Å². The Bertz CT molecular complexity index is 1290. The van der Waals surface area contributed by atoms with Gasteiger partial charge in [0.2, 0.25) is 0 Å². The Morgan fingerprint density at radius 3 is 2.36 bits per heavy atom. The average molecular weight is 510 g/mol. The van der Waals surface area contributed by atoms with Crippen molar-refractivity contribution in [2.45, 2.75) is 11.4 Å². The fraction of sp³-hybridized carbons (Fsp3) is 0.308. The highest BCUT2D eigenvalue weighted by atomic mass is 32.2. The third kappa shape index (κ3) is 6.13. The van der Waals surface area contributed by atoms with Crippen molar-refractivity contribution < 1.29 is 17.9 Å². The minimum atomic E-state index is -3.86. The quantitative estimate of drug-likeness (QED) is 0.499. The number of sulfonamides is 1. The summed E-state index contributed by atoms with van der Waals surface area (Å²) < 4.78 is 33.5. The number of nitrogens with zero attached hydrogens (tertiary/aromatic N) is 4. The fourth-order valence-corrected chi connectivity index (χ4v) is 5.16. The van der Waals surface area contributed by atoms with Crippen LogP contribution in [-0.4, -0.2) is 76.5 Å². The standard InChI is InChI=1S/C26H31N5O4S/c1-29(2)19-20-7-12-25(27-18-20)30-13-15-31(16-14-30)26(32)21-5-4-6-24(17-21)36(33,34)28-22-8-10-23(35-3)11-9-22/h4-12,17-18,28H,13-16,19H2,1-3H3. The maximum atomic E-state index is 13.2. The first-order valence-electron chi connectivity index (χ1n) is 11.7. The topological polar surface area (TPSA) is 95.1 Å². The Labute approximate surface area is 212 Å². The van der Waals surface area contributed by atoms with Crippen LogP contribution >= 0.6 is 0 Å². The monoisotopic (exact) mass is 509 g/mol. The molecule has 190 valence electrons. The summed E-state index contributed by atoms with van der Waals surface area (Å²) >= 11 is 0. The summed E-state index contributed by atoms with van der Waals surface area (Å²) in [6, 6.07) is 16.8. The largest absolute Gasteiger partial charge is 0.497 e. The number of carbonyl (C=O) groups excluding carboxylic acids is 1. The Morgan fingerprint density at radius 1 is 1.03 bits per heavy atom. The molecule has 0 aliphatic carbocycles. The van der Waals surface area contributed by atoms with E-state index in [1.807, 2.05) is 26.4 Å². The van der Waals surface area contributed by atoms with E-state index in [9.17, 15) is 13.2 Å². The lowest BCUT2D eigenvalue weighted by Gasteiger charge is -2.35. The van der Waals surface area contributed by atoms with Gasteiger partial charge < -0.3 is 19.4 Å². The molecule has 1 aromatic heterocycles. The van der Waals surface area contributed by atoms with Gasteiger partial charge in [-0.25, -0.2) is 13.4 Å². The van der Waals surface area contributed by atoms with E-state index in [1.165, 1.54) is 12.1 Å².